The summed E-state index contributed by atoms with van der Waals surface area (Å²) >= 11 is 12.0. The van der Waals surface area contributed by atoms with Gasteiger partial charge >= 0.3 is 6.09 Å². The molecule has 0 aliphatic rings. The Morgan fingerprint density at radius 1 is 1.24 bits per heavy atom. The summed E-state index contributed by atoms with van der Waals surface area (Å²) in [6.07, 6.45) is -0.725. The van der Waals surface area contributed by atoms with Crippen LogP contribution in [0.2, 0.25) is 10.0 Å². The van der Waals surface area contributed by atoms with Crippen LogP contribution in [0.1, 0.15) is 25.8 Å². The number of nitrogens with zero attached hydrogens (tertiary/aromatic N) is 2. The van der Waals surface area contributed by atoms with Crippen molar-refractivity contribution in [3.05, 3.63) is 33.8 Å². The topological polar surface area (TPSA) is 77.9 Å². The van der Waals surface area contributed by atoms with Crippen molar-refractivity contribution < 1.29 is 19.5 Å². The van der Waals surface area contributed by atoms with Crippen LogP contribution in [0.4, 0.5) is 4.79 Å². The van der Waals surface area contributed by atoms with Crippen molar-refractivity contribution >= 4 is 41.5 Å². The maximum absolute atomic E-state index is 12.3. The quantitative estimate of drug-likeness (QED) is 0.724. The first-order valence-corrected chi connectivity index (χ1v) is 8.43. The lowest BCUT2D eigenvalue weighted by Crippen LogP contribution is -2.54. The minimum atomic E-state index is -1.28. The van der Waals surface area contributed by atoms with E-state index in [9.17, 15) is 19.5 Å². The van der Waals surface area contributed by atoms with Gasteiger partial charge in [-0.1, -0.05) is 43.1 Å². The van der Waals surface area contributed by atoms with E-state index in [1.165, 1.54) is 18.0 Å². The molecule has 1 aromatic rings. The van der Waals surface area contributed by atoms with Gasteiger partial charge in [0.05, 0.1) is 15.6 Å². The Labute approximate surface area is 157 Å². The van der Waals surface area contributed by atoms with Gasteiger partial charge in [-0.05, 0) is 17.7 Å². The van der Waals surface area contributed by atoms with E-state index in [0.29, 0.717) is 16.9 Å². The summed E-state index contributed by atoms with van der Waals surface area (Å²) in [5.74, 6) is -0.419. The van der Waals surface area contributed by atoms with Gasteiger partial charge in [-0.15, -0.1) is 0 Å². The Hall–Kier alpha value is -1.79. The van der Waals surface area contributed by atoms with Gasteiger partial charge < -0.3 is 14.8 Å². The number of carbonyl (C=O) groups is 3. The molecule has 0 aromatic heterocycles. The standard InChI is InChI=1S/C17H22Cl2N2O4/c1-11(2)15(23)20(3)10-17(7-8-22,21(4)16(24)25)12-5-6-13(18)14(19)9-12/h5-6,8-9,11H,7,10H2,1-4H3,(H,24,25). The van der Waals surface area contributed by atoms with Crippen LogP contribution in [-0.4, -0.2) is 53.8 Å². The van der Waals surface area contributed by atoms with Crippen LogP contribution < -0.4 is 0 Å². The normalized spacial score (nSPS) is 13.2. The maximum atomic E-state index is 12.3. The number of rotatable bonds is 7. The molecule has 138 valence electrons. The van der Waals surface area contributed by atoms with Gasteiger partial charge in [-0.3, -0.25) is 9.69 Å². The number of likely N-dealkylation sites (N-methyl/N-ethyl adjacent to an activating group) is 2. The molecule has 1 atom stereocenters. The molecule has 1 unspecified atom stereocenters. The van der Waals surface area contributed by atoms with E-state index in [2.05, 4.69) is 0 Å². The lowest BCUT2D eigenvalue weighted by atomic mass is 9.84. The van der Waals surface area contributed by atoms with Crippen LogP contribution in [0.5, 0.6) is 0 Å². The van der Waals surface area contributed by atoms with Crippen LogP contribution in [0.3, 0.4) is 0 Å². The zero-order valence-electron chi connectivity index (χ0n) is 14.6. The van der Waals surface area contributed by atoms with Gasteiger partial charge in [0.2, 0.25) is 5.91 Å². The molecule has 0 spiro atoms. The summed E-state index contributed by atoms with van der Waals surface area (Å²) in [7, 11) is 2.94. The van der Waals surface area contributed by atoms with Gasteiger partial charge in [-0.25, -0.2) is 4.79 Å². The second-order valence-corrected chi connectivity index (χ2v) is 7.04. The average molecular weight is 389 g/mol. The van der Waals surface area contributed by atoms with Crippen molar-refractivity contribution in [1.82, 2.24) is 9.80 Å². The van der Waals surface area contributed by atoms with E-state index in [1.807, 2.05) is 0 Å². The molecular formula is C17H22Cl2N2O4. The molecule has 2 amide bonds. The second kappa shape index (κ2) is 8.54. The van der Waals surface area contributed by atoms with Crippen molar-refractivity contribution in [3.8, 4) is 0 Å². The van der Waals surface area contributed by atoms with Crippen molar-refractivity contribution in [2.24, 2.45) is 5.92 Å². The van der Waals surface area contributed by atoms with E-state index in [1.54, 1.807) is 33.0 Å². The molecule has 25 heavy (non-hydrogen) atoms. The second-order valence-electron chi connectivity index (χ2n) is 6.22. The van der Waals surface area contributed by atoms with Gasteiger partial charge in [0, 0.05) is 33.0 Å². The SMILES string of the molecule is CC(C)C(=O)N(C)CC(CC=O)(c1ccc(Cl)c(Cl)c1)N(C)C(=O)O. The average Bonchev–Trinajstić information content (AvgIpc) is 2.54. The highest BCUT2D eigenvalue weighted by atomic mass is 35.5. The minimum absolute atomic E-state index is 0.00349. The van der Waals surface area contributed by atoms with Crippen molar-refractivity contribution in [1.29, 1.82) is 0 Å². The molecular weight excluding hydrogens is 367 g/mol. The van der Waals surface area contributed by atoms with Crippen molar-refractivity contribution in [3.63, 3.8) is 0 Å². The first kappa shape index (κ1) is 21.3. The molecule has 0 radical (unpaired) electrons. The molecule has 6 nitrogen and oxygen atoms in total. The maximum Gasteiger partial charge on any atom is 0.407 e. The largest absolute Gasteiger partial charge is 0.465 e. The summed E-state index contributed by atoms with van der Waals surface area (Å²) in [5, 5.41) is 10.1. The molecule has 1 N–H and O–H groups in total. The molecule has 0 heterocycles. The fraction of sp³-hybridized carbons (Fsp3) is 0.471. The molecule has 8 heteroatoms. The molecule has 0 aliphatic carbocycles. The Morgan fingerprint density at radius 3 is 2.28 bits per heavy atom. The smallest absolute Gasteiger partial charge is 0.407 e. The zero-order chi connectivity index (χ0) is 19.4. The summed E-state index contributed by atoms with van der Waals surface area (Å²) in [5.41, 5.74) is -0.788. The molecule has 0 fully saturated rings. The highest BCUT2D eigenvalue weighted by Crippen LogP contribution is 2.35. The zero-order valence-corrected chi connectivity index (χ0v) is 16.1. The Balaban J connectivity index is 3.51. The van der Waals surface area contributed by atoms with E-state index in [4.69, 9.17) is 23.2 Å². The molecule has 0 bridgehead atoms. The van der Waals surface area contributed by atoms with Gasteiger partial charge in [-0.2, -0.15) is 0 Å². The monoisotopic (exact) mass is 388 g/mol. The van der Waals surface area contributed by atoms with Crippen LogP contribution in [0.15, 0.2) is 18.2 Å². The fourth-order valence-electron chi connectivity index (χ4n) is 2.73. The summed E-state index contributed by atoms with van der Waals surface area (Å²) in [4.78, 5) is 37.8. The van der Waals surface area contributed by atoms with Gasteiger partial charge in [0.25, 0.3) is 0 Å². The van der Waals surface area contributed by atoms with Crippen molar-refractivity contribution in [2.45, 2.75) is 25.8 Å². The third-order valence-corrected chi connectivity index (χ3v) is 4.91. The number of halogens is 2. The number of benzene rings is 1. The van der Waals surface area contributed by atoms with Crippen LogP contribution in [0.25, 0.3) is 0 Å². The molecule has 1 rings (SSSR count). The van der Waals surface area contributed by atoms with Crippen LogP contribution in [-0.2, 0) is 15.1 Å². The van der Waals surface area contributed by atoms with Crippen molar-refractivity contribution in [2.75, 3.05) is 20.6 Å². The Morgan fingerprint density at radius 2 is 1.84 bits per heavy atom. The molecule has 0 saturated heterocycles. The highest BCUT2D eigenvalue weighted by molar-refractivity contribution is 6.42. The van der Waals surface area contributed by atoms with Crippen LogP contribution in [0, 0.1) is 5.92 Å². The minimum Gasteiger partial charge on any atom is -0.465 e. The third-order valence-electron chi connectivity index (χ3n) is 4.18. The fourth-order valence-corrected chi connectivity index (χ4v) is 3.03. The lowest BCUT2D eigenvalue weighted by molar-refractivity contribution is -0.135. The number of hydrogen-bond donors (Lipinski definition) is 1. The first-order chi connectivity index (χ1) is 11.6. The number of aldehydes is 1. The van der Waals surface area contributed by atoms with E-state index in [-0.39, 0.29) is 29.8 Å². The Kier molecular flexibility index (Phi) is 7.26. The third kappa shape index (κ3) is 4.64. The Bertz CT molecular complexity index is 666. The number of carbonyl (C=O) groups excluding carboxylic acids is 2. The number of hydrogen-bond acceptors (Lipinski definition) is 3. The molecule has 0 aliphatic heterocycles. The summed E-state index contributed by atoms with van der Waals surface area (Å²) in [6, 6.07) is 4.68. The summed E-state index contributed by atoms with van der Waals surface area (Å²) < 4.78 is 0. The van der Waals surface area contributed by atoms with E-state index < -0.39 is 11.6 Å². The van der Waals surface area contributed by atoms with E-state index in [0.717, 1.165) is 4.90 Å². The first-order valence-electron chi connectivity index (χ1n) is 7.67. The van der Waals surface area contributed by atoms with E-state index >= 15 is 0 Å². The van der Waals surface area contributed by atoms with Gasteiger partial charge in [0.1, 0.15) is 6.29 Å². The predicted molar refractivity (Wildman–Crippen MR) is 97.1 cm³/mol. The van der Waals surface area contributed by atoms with Crippen LogP contribution >= 0.6 is 23.2 Å². The summed E-state index contributed by atoms with van der Waals surface area (Å²) in [6.45, 7) is 3.50. The number of carboxylic acid groups (broad SMARTS) is 1. The molecule has 0 saturated carbocycles. The highest BCUT2D eigenvalue weighted by Gasteiger charge is 2.41. The molecule has 1 aromatic carbocycles. The van der Waals surface area contributed by atoms with Gasteiger partial charge in [0.15, 0.2) is 0 Å². The lowest BCUT2D eigenvalue weighted by Gasteiger charge is -2.42. The predicted octanol–water partition coefficient (Wildman–Crippen LogP) is 3.50. The number of amides is 2.